The molecule has 1 saturated carbocycles. The first-order valence-electron chi connectivity index (χ1n) is 9.18. The highest BCUT2D eigenvalue weighted by Gasteiger charge is 2.50. The smallest absolute Gasteiger partial charge is 0.255 e. The number of hydrogen-bond donors (Lipinski definition) is 1. The van der Waals surface area contributed by atoms with Crippen molar-refractivity contribution in [2.75, 3.05) is 25.0 Å². The molecule has 1 amide bonds. The molecule has 2 fully saturated rings. The van der Waals surface area contributed by atoms with Crippen molar-refractivity contribution in [3.63, 3.8) is 0 Å². The van der Waals surface area contributed by atoms with E-state index >= 15 is 0 Å². The van der Waals surface area contributed by atoms with E-state index in [0.717, 1.165) is 31.9 Å². The monoisotopic (exact) mass is 352 g/mol. The Balaban J connectivity index is 1.50. The van der Waals surface area contributed by atoms with Gasteiger partial charge in [0, 0.05) is 50.6 Å². The normalized spacial score (nSPS) is 24.5. The van der Waals surface area contributed by atoms with Crippen LogP contribution in [0.5, 0.6) is 0 Å². The van der Waals surface area contributed by atoms with Gasteiger partial charge < -0.3 is 14.8 Å². The summed E-state index contributed by atoms with van der Waals surface area (Å²) < 4.78 is 1.46. The van der Waals surface area contributed by atoms with Crippen LogP contribution in [0.1, 0.15) is 29.6 Å². The zero-order valence-electron chi connectivity index (χ0n) is 15.0. The number of amides is 1. The quantitative estimate of drug-likeness (QED) is 0.915. The number of carbonyl (C=O) groups is 1. The second-order valence-electron chi connectivity index (χ2n) is 7.57. The van der Waals surface area contributed by atoms with E-state index < -0.39 is 0 Å². The number of aromatic nitrogens is 2. The topological polar surface area (TPSA) is 67.2 Å². The van der Waals surface area contributed by atoms with Crippen LogP contribution in [0, 0.1) is 11.3 Å². The van der Waals surface area contributed by atoms with Crippen molar-refractivity contribution in [1.29, 1.82) is 0 Å². The minimum atomic E-state index is -0.101. The van der Waals surface area contributed by atoms with Gasteiger partial charge in [0.1, 0.15) is 5.82 Å². The second kappa shape index (κ2) is 6.59. The Morgan fingerprint density at radius 2 is 2.23 bits per heavy atom. The lowest BCUT2D eigenvalue weighted by Gasteiger charge is -2.29. The molecule has 136 valence electrons. The molecular weight excluding hydrogens is 328 g/mol. The summed E-state index contributed by atoms with van der Waals surface area (Å²) in [6.07, 6.45) is 6.94. The zero-order chi connectivity index (χ0) is 18.1. The number of anilines is 1. The molecule has 1 aliphatic carbocycles. The molecule has 6 nitrogen and oxygen atoms in total. The van der Waals surface area contributed by atoms with Crippen molar-refractivity contribution < 1.29 is 4.79 Å². The van der Waals surface area contributed by atoms with Gasteiger partial charge in [0.25, 0.3) is 5.91 Å². The Morgan fingerprint density at radius 3 is 3.00 bits per heavy atom. The molecule has 2 atom stereocenters. The average molecular weight is 352 g/mol. The number of rotatable bonds is 4. The Bertz CT molecular complexity index is 864. The number of hydrogen-bond acceptors (Lipinski definition) is 4. The van der Waals surface area contributed by atoms with Crippen LogP contribution in [-0.4, -0.2) is 40.0 Å². The number of nitrogens with zero attached hydrogens (tertiary/aromatic N) is 3. The molecule has 3 heterocycles. The molecule has 0 spiro atoms. The Hall–Kier alpha value is -2.63. The molecule has 1 saturated heterocycles. The highest BCUT2D eigenvalue weighted by Crippen LogP contribution is 2.48. The Labute approximate surface area is 152 Å². The van der Waals surface area contributed by atoms with Crippen LogP contribution in [0.2, 0.25) is 0 Å². The van der Waals surface area contributed by atoms with Crippen molar-refractivity contribution in [3.05, 3.63) is 58.6 Å². The largest absolute Gasteiger partial charge is 0.369 e. The van der Waals surface area contributed by atoms with Gasteiger partial charge in [-0.15, -0.1) is 0 Å². The van der Waals surface area contributed by atoms with Crippen LogP contribution in [0.15, 0.2) is 47.5 Å². The molecule has 1 aliphatic heterocycles. The van der Waals surface area contributed by atoms with E-state index in [1.807, 2.05) is 23.1 Å². The molecule has 26 heavy (non-hydrogen) atoms. The number of fused-ring (bicyclic) bond motifs is 1. The van der Waals surface area contributed by atoms with Crippen LogP contribution in [0.25, 0.3) is 0 Å². The van der Waals surface area contributed by atoms with Gasteiger partial charge in [0.15, 0.2) is 0 Å². The lowest BCUT2D eigenvalue weighted by atomic mass is 9.80. The predicted octanol–water partition coefficient (Wildman–Crippen LogP) is 2.13. The van der Waals surface area contributed by atoms with Gasteiger partial charge in [-0.2, -0.15) is 0 Å². The number of nitrogens with one attached hydrogen (secondary N) is 1. The van der Waals surface area contributed by atoms with Gasteiger partial charge in [-0.1, -0.05) is 12.5 Å². The molecule has 0 radical (unpaired) electrons. The fourth-order valence-electron chi connectivity index (χ4n) is 4.49. The molecular formula is C20H24N4O2. The first-order chi connectivity index (χ1) is 12.6. The third-order valence-electron chi connectivity index (χ3n) is 5.95. The van der Waals surface area contributed by atoms with Crippen molar-refractivity contribution in [3.8, 4) is 0 Å². The van der Waals surface area contributed by atoms with Crippen molar-refractivity contribution in [2.45, 2.75) is 19.3 Å². The molecule has 2 aromatic heterocycles. The number of pyridine rings is 2. The maximum atomic E-state index is 12.9. The predicted molar refractivity (Wildman–Crippen MR) is 100 cm³/mol. The summed E-state index contributed by atoms with van der Waals surface area (Å²) in [4.78, 5) is 30.8. The Morgan fingerprint density at radius 1 is 1.35 bits per heavy atom. The van der Waals surface area contributed by atoms with Gasteiger partial charge in [-0.25, -0.2) is 4.98 Å². The third-order valence-corrected chi connectivity index (χ3v) is 5.95. The summed E-state index contributed by atoms with van der Waals surface area (Å²) in [5, 5.41) is 3.47. The molecule has 4 rings (SSSR count). The van der Waals surface area contributed by atoms with E-state index in [1.54, 1.807) is 25.5 Å². The number of likely N-dealkylation sites (tertiary alicyclic amines) is 1. The molecule has 2 aromatic rings. The van der Waals surface area contributed by atoms with E-state index in [1.165, 1.54) is 23.5 Å². The summed E-state index contributed by atoms with van der Waals surface area (Å²) in [7, 11) is 1.68. The first-order valence-corrected chi connectivity index (χ1v) is 9.18. The average Bonchev–Trinajstić information content (AvgIpc) is 3.20. The van der Waals surface area contributed by atoms with E-state index in [-0.39, 0.29) is 16.9 Å². The maximum Gasteiger partial charge on any atom is 0.255 e. The molecule has 0 bridgehead atoms. The van der Waals surface area contributed by atoms with Crippen LogP contribution in [0.4, 0.5) is 5.82 Å². The van der Waals surface area contributed by atoms with Crippen LogP contribution in [0.3, 0.4) is 0 Å². The molecule has 6 heteroatoms. The molecule has 0 aromatic carbocycles. The molecule has 2 aliphatic rings. The van der Waals surface area contributed by atoms with E-state index in [9.17, 15) is 9.59 Å². The first kappa shape index (κ1) is 16.8. The summed E-state index contributed by atoms with van der Waals surface area (Å²) in [5.41, 5.74) is 0.601. The molecule has 1 N–H and O–H groups in total. The number of aryl methyl sites for hydroxylation is 1. The lowest BCUT2D eigenvalue weighted by Crippen LogP contribution is -2.36. The van der Waals surface area contributed by atoms with Crippen molar-refractivity contribution in [2.24, 2.45) is 18.4 Å². The van der Waals surface area contributed by atoms with Crippen LogP contribution in [-0.2, 0) is 7.05 Å². The summed E-state index contributed by atoms with van der Waals surface area (Å²) in [6, 6.07) is 8.96. The van der Waals surface area contributed by atoms with E-state index in [4.69, 9.17) is 0 Å². The van der Waals surface area contributed by atoms with Gasteiger partial charge in [0.2, 0.25) is 5.56 Å². The number of carbonyl (C=O) groups excluding carboxylic acids is 1. The van der Waals surface area contributed by atoms with Gasteiger partial charge in [-0.3, -0.25) is 9.59 Å². The van der Waals surface area contributed by atoms with E-state index in [0.29, 0.717) is 11.5 Å². The highest BCUT2D eigenvalue weighted by molar-refractivity contribution is 5.94. The summed E-state index contributed by atoms with van der Waals surface area (Å²) in [6.45, 7) is 2.40. The summed E-state index contributed by atoms with van der Waals surface area (Å²) in [5.74, 6) is 1.43. The van der Waals surface area contributed by atoms with Crippen molar-refractivity contribution >= 4 is 11.7 Å². The maximum absolute atomic E-state index is 12.9. The van der Waals surface area contributed by atoms with Gasteiger partial charge >= 0.3 is 0 Å². The zero-order valence-corrected chi connectivity index (χ0v) is 15.0. The Kier molecular flexibility index (Phi) is 4.26. The fourth-order valence-corrected chi connectivity index (χ4v) is 4.49. The van der Waals surface area contributed by atoms with Crippen molar-refractivity contribution in [1.82, 2.24) is 14.5 Å². The van der Waals surface area contributed by atoms with Gasteiger partial charge in [-0.05, 0) is 37.0 Å². The SMILES string of the molecule is Cn1cc(C(=O)N2C[C@@H]3CCC[C@]3(CNc3ccccn3)C2)ccc1=O. The summed E-state index contributed by atoms with van der Waals surface area (Å²) >= 11 is 0. The molecule has 0 unspecified atom stereocenters. The standard InChI is InChI=1S/C20H24N4O2/c1-23-11-15(7-8-18(23)25)19(26)24-12-16-5-4-9-20(16,14-24)13-22-17-6-2-3-10-21-17/h2-3,6-8,10-11,16H,4-5,9,12-14H2,1H3,(H,21,22)/t16-,20-/m0/s1. The van der Waals surface area contributed by atoms with Gasteiger partial charge in [0.05, 0.1) is 5.56 Å². The van der Waals surface area contributed by atoms with Crippen LogP contribution >= 0.6 is 0 Å². The van der Waals surface area contributed by atoms with E-state index in [2.05, 4.69) is 10.3 Å². The third kappa shape index (κ3) is 3.00. The minimum Gasteiger partial charge on any atom is -0.369 e. The highest BCUT2D eigenvalue weighted by atomic mass is 16.2. The van der Waals surface area contributed by atoms with Crippen LogP contribution < -0.4 is 10.9 Å². The fraction of sp³-hybridized carbons (Fsp3) is 0.450. The second-order valence-corrected chi connectivity index (χ2v) is 7.57. The lowest BCUT2D eigenvalue weighted by molar-refractivity contribution is 0.0770. The minimum absolute atomic E-state index is 0.0206.